The van der Waals surface area contributed by atoms with Crippen LogP contribution in [0.4, 0.5) is 0 Å². The van der Waals surface area contributed by atoms with Gasteiger partial charge in [-0.2, -0.15) is 0 Å². The van der Waals surface area contributed by atoms with E-state index in [1.165, 1.54) is 56.9 Å². The van der Waals surface area contributed by atoms with Gasteiger partial charge in [0.15, 0.2) is 0 Å². The second-order valence-electron chi connectivity index (χ2n) is 11.5. The Balaban J connectivity index is 1.41. The molecule has 2 aromatic rings. The highest BCUT2D eigenvalue weighted by Gasteiger charge is 2.42. The van der Waals surface area contributed by atoms with E-state index < -0.39 is 18.0 Å². The van der Waals surface area contributed by atoms with Crippen molar-refractivity contribution in [1.82, 2.24) is 0 Å². The first-order valence-electron chi connectivity index (χ1n) is 15.2. The molecule has 2 aromatic carbocycles. The van der Waals surface area contributed by atoms with Gasteiger partial charge in [-0.05, 0) is 54.4 Å². The smallest absolute Gasteiger partial charge is 0.310 e. The van der Waals surface area contributed by atoms with E-state index in [0.717, 1.165) is 55.2 Å². The van der Waals surface area contributed by atoms with Gasteiger partial charge in [-0.3, -0.25) is 9.59 Å². The summed E-state index contributed by atoms with van der Waals surface area (Å²) in [5.41, 5.74) is 4.42. The number of carbonyl (C=O) groups excluding carboxylic acids is 1. The molecule has 0 radical (unpaired) electrons. The molecule has 4 rings (SSSR count). The predicted octanol–water partition coefficient (Wildman–Crippen LogP) is 8.77. The first-order chi connectivity index (χ1) is 18.6. The summed E-state index contributed by atoms with van der Waals surface area (Å²) in [6, 6.07) is 16.7. The number of carboxylic acids is 1. The maximum atomic E-state index is 13.0. The van der Waals surface area contributed by atoms with Crippen LogP contribution in [0.5, 0.6) is 0 Å². The van der Waals surface area contributed by atoms with E-state index in [1.54, 1.807) is 0 Å². The zero-order chi connectivity index (χ0) is 26.7. The summed E-state index contributed by atoms with van der Waals surface area (Å²) in [6.07, 6.45) is 16.3. The number of esters is 1. The van der Waals surface area contributed by atoms with E-state index in [9.17, 15) is 14.7 Å². The third-order valence-corrected chi connectivity index (χ3v) is 8.73. The Labute approximate surface area is 229 Å². The molecule has 0 spiro atoms. The number of carbonyl (C=O) groups is 2. The van der Waals surface area contributed by atoms with E-state index in [-0.39, 0.29) is 17.8 Å². The Bertz CT molecular complexity index is 1020. The van der Waals surface area contributed by atoms with Crippen molar-refractivity contribution in [1.29, 1.82) is 0 Å². The lowest BCUT2D eigenvalue weighted by Crippen LogP contribution is -2.34. The van der Waals surface area contributed by atoms with Crippen molar-refractivity contribution in [2.45, 2.75) is 115 Å². The Morgan fingerprint density at radius 3 is 2.11 bits per heavy atom. The van der Waals surface area contributed by atoms with E-state index in [0.29, 0.717) is 6.42 Å². The minimum Gasteiger partial charge on any atom is -0.481 e. The second kappa shape index (κ2) is 14.5. The van der Waals surface area contributed by atoms with Gasteiger partial charge in [-0.25, -0.2) is 0 Å². The van der Waals surface area contributed by atoms with Crippen molar-refractivity contribution in [3.05, 3.63) is 70.8 Å². The lowest BCUT2D eigenvalue weighted by atomic mass is 9.72. The predicted molar refractivity (Wildman–Crippen MR) is 152 cm³/mol. The van der Waals surface area contributed by atoms with Gasteiger partial charge < -0.3 is 9.84 Å². The van der Waals surface area contributed by atoms with Gasteiger partial charge in [0.2, 0.25) is 0 Å². The molecular weight excluding hydrogens is 472 g/mol. The van der Waals surface area contributed by atoms with Crippen LogP contribution in [0, 0.1) is 11.8 Å². The number of rotatable bonds is 13. The van der Waals surface area contributed by atoms with Crippen molar-refractivity contribution in [3.8, 4) is 0 Å². The standard InChI is InChI=1S/C34H46O4/c1-2-3-4-5-6-7-8-10-15-25-20-22-26(23-21-25)30-24-31(33(35)36)32(29-19-14-13-18-28(29)30)38-34(37)27-16-11-9-12-17-27/h13-14,18-23,27,30-32H,2-12,15-17,24H2,1H3,(H,35,36). The van der Waals surface area contributed by atoms with Crippen LogP contribution < -0.4 is 0 Å². The molecule has 38 heavy (non-hydrogen) atoms. The third kappa shape index (κ3) is 7.48. The second-order valence-corrected chi connectivity index (χ2v) is 11.5. The largest absolute Gasteiger partial charge is 0.481 e. The minimum atomic E-state index is -0.891. The molecule has 0 heterocycles. The van der Waals surface area contributed by atoms with Crippen molar-refractivity contribution in [2.24, 2.45) is 11.8 Å². The number of carboxylic acid groups (broad SMARTS) is 1. The number of aryl methyl sites for hydroxylation is 1. The van der Waals surface area contributed by atoms with Crippen LogP contribution in [-0.4, -0.2) is 17.0 Å². The van der Waals surface area contributed by atoms with Crippen molar-refractivity contribution in [2.75, 3.05) is 0 Å². The molecule has 206 valence electrons. The molecule has 3 atom stereocenters. The van der Waals surface area contributed by atoms with Crippen molar-refractivity contribution in [3.63, 3.8) is 0 Å². The van der Waals surface area contributed by atoms with E-state index in [1.807, 2.05) is 18.2 Å². The van der Waals surface area contributed by atoms with E-state index in [2.05, 4.69) is 37.3 Å². The maximum absolute atomic E-state index is 13.0. The fraction of sp³-hybridized carbons (Fsp3) is 0.588. The normalized spacial score (nSPS) is 21.6. The Kier molecular flexibility index (Phi) is 10.8. The van der Waals surface area contributed by atoms with Crippen LogP contribution >= 0.6 is 0 Å². The number of unbranched alkanes of at least 4 members (excludes halogenated alkanes) is 7. The summed E-state index contributed by atoms with van der Waals surface area (Å²) in [6.45, 7) is 2.26. The quantitative estimate of drug-likeness (QED) is 0.213. The van der Waals surface area contributed by atoms with Gasteiger partial charge in [-0.15, -0.1) is 0 Å². The van der Waals surface area contributed by atoms with Gasteiger partial charge in [0.1, 0.15) is 6.10 Å². The van der Waals surface area contributed by atoms with Gasteiger partial charge in [0.25, 0.3) is 0 Å². The molecule has 1 fully saturated rings. The molecule has 0 bridgehead atoms. The molecule has 2 aliphatic rings. The Morgan fingerprint density at radius 2 is 1.45 bits per heavy atom. The number of hydrogen-bond donors (Lipinski definition) is 1. The lowest BCUT2D eigenvalue weighted by molar-refractivity contribution is -0.165. The highest BCUT2D eigenvalue weighted by molar-refractivity contribution is 5.76. The van der Waals surface area contributed by atoms with Gasteiger partial charge in [0, 0.05) is 5.92 Å². The number of ether oxygens (including phenoxy) is 1. The van der Waals surface area contributed by atoms with Crippen LogP contribution in [0.3, 0.4) is 0 Å². The average molecular weight is 519 g/mol. The van der Waals surface area contributed by atoms with Crippen molar-refractivity contribution >= 4 is 11.9 Å². The molecule has 4 nitrogen and oxygen atoms in total. The highest BCUT2D eigenvalue weighted by Crippen LogP contribution is 2.46. The maximum Gasteiger partial charge on any atom is 0.310 e. The summed E-state index contributed by atoms with van der Waals surface area (Å²) in [4.78, 5) is 25.4. The van der Waals surface area contributed by atoms with Crippen molar-refractivity contribution < 1.29 is 19.4 Å². The summed E-state index contributed by atoms with van der Waals surface area (Å²) >= 11 is 0. The zero-order valence-corrected chi connectivity index (χ0v) is 23.2. The molecule has 1 N–H and O–H groups in total. The summed E-state index contributed by atoms with van der Waals surface area (Å²) < 4.78 is 6.01. The third-order valence-electron chi connectivity index (χ3n) is 8.73. The minimum absolute atomic E-state index is 0.0193. The fourth-order valence-electron chi connectivity index (χ4n) is 6.44. The summed E-state index contributed by atoms with van der Waals surface area (Å²) in [7, 11) is 0. The molecule has 1 saturated carbocycles. The monoisotopic (exact) mass is 518 g/mol. The van der Waals surface area contributed by atoms with Crippen LogP contribution in [-0.2, 0) is 20.7 Å². The number of hydrogen-bond acceptors (Lipinski definition) is 3. The Hall–Kier alpha value is -2.62. The molecule has 0 saturated heterocycles. The van der Waals surface area contributed by atoms with Gasteiger partial charge in [-0.1, -0.05) is 120 Å². The molecule has 3 unspecified atom stereocenters. The number of aliphatic carboxylic acids is 1. The molecule has 0 aromatic heterocycles. The summed E-state index contributed by atoms with van der Waals surface area (Å²) in [5, 5.41) is 10.2. The number of benzene rings is 2. The lowest BCUT2D eigenvalue weighted by Gasteiger charge is -2.36. The SMILES string of the molecule is CCCCCCCCCCc1ccc(C2CC(C(=O)O)C(OC(=O)C3CCCCC3)c3ccccc32)cc1. The van der Waals surface area contributed by atoms with Crippen LogP contribution in [0.1, 0.15) is 131 Å². The average Bonchev–Trinajstić information content (AvgIpc) is 2.95. The first-order valence-corrected chi connectivity index (χ1v) is 15.2. The van der Waals surface area contributed by atoms with Gasteiger partial charge in [0.05, 0.1) is 11.8 Å². The highest BCUT2D eigenvalue weighted by atomic mass is 16.5. The molecular formula is C34H46O4. The van der Waals surface area contributed by atoms with E-state index >= 15 is 0 Å². The van der Waals surface area contributed by atoms with Crippen LogP contribution in [0.2, 0.25) is 0 Å². The van der Waals surface area contributed by atoms with E-state index in [4.69, 9.17) is 4.74 Å². The molecule has 2 aliphatic carbocycles. The number of fused-ring (bicyclic) bond motifs is 1. The summed E-state index contributed by atoms with van der Waals surface area (Å²) in [5.74, 6) is -1.98. The zero-order valence-electron chi connectivity index (χ0n) is 23.2. The van der Waals surface area contributed by atoms with Crippen LogP contribution in [0.25, 0.3) is 0 Å². The molecule has 0 aliphatic heterocycles. The topological polar surface area (TPSA) is 63.6 Å². The van der Waals surface area contributed by atoms with Gasteiger partial charge >= 0.3 is 11.9 Å². The first kappa shape index (κ1) is 28.4. The molecule has 4 heteroatoms. The van der Waals surface area contributed by atoms with Crippen LogP contribution in [0.15, 0.2) is 48.5 Å². The Morgan fingerprint density at radius 1 is 0.816 bits per heavy atom. The fourth-order valence-corrected chi connectivity index (χ4v) is 6.44. The molecule has 0 amide bonds.